The van der Waals surface area contributed by atoms with Crippen LogP contribution in [0, 0.1) is 6.92 Å². The lowest BCUT2D eigenvalue weighted by Gasteiger charge is -2.22. The Morgan fingerprint density at radius 1 is 1.31 bits per heavy atom. The topological polar surface area (TPSA) is 9.23 Å². The zero-order valence-electron chi connectivity index (χ0n) is 9.95. The maximum absolute atomic E-state index is 5.73. The normalized spacial score (nSPS) is 20.9. The summed E-state index contributed by atoms with van der Waals surface area (Å²) in [6.45, 7) is 3.16. The van der Waals surface area contributed by atoms with Crippen molar-refractivity contribution in [1.82, 2.24) is 0 Å². The van der Waals surface area contributed by atoms with E-state index < -0.39 is 0 Å². The summed E-state index contributed by atoms with van der Waals surface area (Å²) in [5.74, 6) is 2.26. The van der Waals surface area contributed by atoms with Gasteiger partial charge in [0.25, 0.3) is 0 Å². The summed E-state index contributed by atoms with van der Waals surface area (Å²) < 4.78 is 5.73. The molecule has 88 valence electrons. The second-order valence-corrected chi connectivity index (χ2v) is 5.46. The molecule has 16 heavy (non-hydrogen) atoms. The molecular weight excluding hydrogens is 216 g/mol. The van der Waals surface area contributed by atoms with Gasteiger partial charge in [-0.15, -0.1) is 0 Å². The van der Waals surface area contributed by atoms with Gasteiger partial charge in [0.2, 0.25) is 0 Å². The molecule has 1 unspecified atom stereocenters. The van der Waals surface area contributed by atoms with E-state index in [0.717, 1.165) is 18.1 Å². The fraction of sp³-hybridized carbons (Fsp3) is 0.571. The van der Waals surface area contributed by atoms with Crippen LogP contribution in [-0.4, -0.2) is 18.5 Å². The van der Waals surface area contributed by atoms with Crippen LogP contribution in [0.1, 0.15) is 30.4 Å². The van der Waals surface area contributed by atoms with Gasteiger partial charge in [-0.2, -0.15) is 11.8 Å². The van der Waals surface area contributed by atoms with E-state index in [-0.39, 0.29) is 0 Å². The van der Waals surface area contributed by atoms with Crippen LogP contribution in [0.4, 0.5) is 0 Å². The Labute approximate surface area is 103 Å². The number of hydrogen-bond donors (Lipinski definition) is 0. The van der Waals surface area contributed by atoms with E-state index in [4.69, 9.17) is 4.74 Å². The summed E-state index contributed by atoms with van der Waals surface area (Å²) in [5, 5.41) is 0. The highest BCUT2D eigenvalue weighted by atomic mass is 32.2. The predicted molar refractivity (Wildman–Crippen MR) is 70.9 cm³/mol. The lowest BCUT2D eigenvalue weighted by molar-refractivity contribution is 0.0315. The number of benzene rings is 1. The van der Waals surface area contributed by atoms with Gasteiger partial charge in [0, 0.05) is 18.1 Å². The van der Waals surface area contributed by atoms with Gasteiger partial charge in [0.15, 0.2) is 0 Å². The molecule has 0 bridgehead atoms. The molecule has 1 atom stereocenters. The van der Waals surface area contributed by atoms with Crippen molar-refractivity contribution in [3.63, 3.8) is 0 Å². The molecule has 0 amide bonds. The molecule has 1 aromatic rings. The van der Waals surface area contributed by atoms with Gasteiger partial charge in [0.1, 0.15) is 0 Å². The van der Waals surface area contributed by atoms with Gasteiger partial charge >= 0.3 is 0 Å². The molecule has 1 fully saturated rings. The van der Waals surface area contributed by atoms with Crippen molar-refractivity contribution in [3.8, 4) is 0 Å². The third-order valence-corrected chi connectivity index (χ3v) is 4.22. The van der Waals surface area contributed by atoms with Crippen LogP contribution in [0.25, 0.3) is 0 Å². The molecule has 1 saturated heterocycles. The third-order valence-electron chi connectivity index (χ3n) is 3.10. The van der Waals surface area contributed by atoms with E-state index >= 15 is 0 Å². The van der Waals surface area contributed by atoms with Crippen molar-refractivity contribution in [1.29, 1.82) is 0 Å². The van der Waals surface area contributed by atoms with Crippen LogP contribution < -0.4 is 0 Å². The largest absolute Gasteiger partial charge is 0.377 e. The number of hydrogen-bond acceptors (Lipinski definition) is 2. The highest BCUT2D eigenvalue weighted by Crippen LogP contribution is 2.21. The Hall–Kier alpha value is -0.470. The summed E-state index contributed by atoms with van der Waals surface area (Å²) in [4.78, 5) is 0. The van der Waals surface area contributed by atoms with Crippen molar-refractivity contribution in [2.75, 3.05) is 12.4 Å². The van der Waals surface area contributed by atoms with Crippen molar-refractivity contribution in [2.24, 2.45) is 0 Å². The maximum Gasteiger partial charge on any atom is 0.0665 e. The van der Waals surface area contributed by atoms with Crippen LogP contribution in [0.5, 0.6) is 0 Å². The Kier molecular flexibility index (Phi) is 4.73. The van der Waals surface area contributed by atoms with Crippen molar-refractivity contribution < 1.29 is 4.74 Å². The zero-order valence-corrected chi connectivity index (χ0v) is 10.8. The van der Waals surface area contributed by atoms with E-state index in [1.165, 1.54) is 30.4 Å². The Balaban J connectivity index is 1.73. The van der Waals surface area contributed by atoms with Crippen molar-refractivity contribution >= 4 is 11.8 Å². The molecule has 0 saturated carbocycles. The summed E-state index contributed by atoms with van der Waals surface area (Å²) in [6.07, 6.45) is 4.35. The van der Waals surface area contributed by atoms with Gasteiger partial charge < -0.3 is 4.74 Å². The number of aryl methyl sites for hydroxylation is 1. The second kappa shape index (κ2) is 6.31. The molecule has 1 aliphatic heterocycles. The molecule has 0 aliphatic carbocycles. The fourth-order valence-corrected chi connectivity index (χ4v) is 3.20. The lowest BCUT2D eigenvalue weighted by Crippen LogP contribution is -2.21. The third kappa shape index (κ3) is 3.53. The minimum atomic E-state index is 0.503. The maximum atomic E-state index is 5.73. The van der Waals surface area contributed by atoms with Gasteiger partial charge in [-0.1, -0.05) is 24.3 Å². The summed E-state index contributed by atoms with van der Waals surface area (Å²) >= 11 is 2.00. The predicted octanol–water partition coefficient (Wildman–Crippen LogP) is 3.80. The van der Waals surface area contributed by atoms with Gasteiger partial charge in [-0.05, 0) is 37.3 Å². The van der Waals surface area contributed by atoms with E-state index in [9.17, 15) is 0 Å². The molecule has 2 rings (SSSR count). The van der Waals surface area contributed by atoms with Crippen LogP contribution >= 0.6 is 11.8 Å². The van der Waals surface area contributed by atoms with E-state index in [2.05, 4.69) is 31.2 Å². The molecule has 1 aliphatic rings. The molecule has 0 spiro atoms. The molecule has 1 nitrogen and oxygen atoms in total. The van der Waals surface area contributed by atoms with Gasteiger partial charge in [-0.25, -0.2) is 0 Å². The lowest BCUT2D eigenvalue weighted by atomic mass is 10.1. The molecule has 0 N–H and O–H groups in total. The van der Waals surface area contributed by atoms with E-state index in [1.807, 2.05) is 11.8 Å². The SMILES string of the molecule is Cc1ccccc1CSCC1CCCCO1. The Morgan fingerprint density at radius 2 is 2.19 bits per heavy atom. The number of rotatable bonds is 4. The molecule has 1 aromatic carbocycles. The molecule has 0 radical (unpaired) electrons. The molecule has 1 heterocycles. The van der Waals surface area contributed by atoms with Crippen LogP contribution in [-0.2, 0) is 10.5 Å². The van der Waals surface area contributed by atoms with E-state index in [0.29, 0.717) is 6.10 Å². The highest BCUT2D eigenvalue weighted by Gasteiger charge is 2.13. The van der Waals surface area contributed by atoms with Gasteiger partial charge in [-0.3, -0.25) is 0 Å². The molecule has 2 heteroatoms. The number of thioether (sulfide) groups is 1. The zero-order chi connectivity index (χ0) is 11.2. The molecule has 0 aromatic heterocycles. The first-order chi connectivity index (χ1) is 7.86. The first-order valence-corrected chi connectivity index (χ1v) is 7.25. The average Bonchev–Trinajstić information content (AvgIpc) is 2.33. The summed E-state index contributed by atoms with van der Waals surface area (Å²) in [7, 11) is 0. The Bertz CT molecular complexity index is 318. The smallest absolute Gasteiger partial charge is 0.0665 e. The van der Waals surface area contributed by atoms with E-state index in [1.54, 1.807) is 0 Å². The fourth-order valence-electron chi connectivity index (χ4n) is 2.01. The second-order valence-electron chi connectivity index (χ2n) is 4.43. The van der Waals surface area contributed by atoms with Crippen LogP contribution in [0.15, 0.2) is 24.3 Å². The standard InChI is InChI=1S/C14H20OS/c1-12-6-2-3-7-13(12)10-16-11-14-8-4-5-9-15-14/h2-3,6-7,14H,4-5,8-11H2,1H3. The summed E-state index contributed by atoms with van der Waals surface area (Å²) in [5.41, 5.74) is 2.86. The Morgan fingerprint density at radius 3 is 2.94 bits per heavy atom. The van der Waals surface area contributed by atoms with Crippen molar-refractivity contribution in [2.45, 2.75) is 38.0 Å². The number of ether oxygens (including phenoxy) is 1. The van der Waals surface area contributed by atoms with Crippen LogP contribution in [0.2, 0.25) is 0 Å². The minimum Gasteiger partial charge on any atom is -0.377 e. The highest BCUT2D eigenvalue weighted by molar-refractivity contribution is 7.98. The van der Waals surface area contributed by atoms with Crippen LogP contribution in [0.3, 0.4) is 0 Å². The summed E-state index contributed by atoms with van der Waals surface area (Å²) in [6, 6.07) is 8.64. The minimum absolute atomic E-state index is 0.503. The first kappa shape index (κ1) is 12.0. The van der Waals surface area contributed by atoms with Crippen molar-refractivity contribution in [3.05, 3.63) is 35.4 Å². The molecular formula is C14H20OS. The first-order valence-electron chi connectivity index (χ1n) is 6.10. The quantitative estimate of drug-likeness (QED) is 0.786. The van der Waals surface area contributed by atoms with Gasteiger partial charge in [0.05, 0.1) is 6.10 Å². The monoisotopic (exact) mass is 236 g/mol. The average molecular weight is 236 g/mol.